The Balaban J connectivity index is 2.59. The minimum Gasteiger partial charge on any atom is -0.507 e. The van der Waals surface area contributed by atoms with Gasteiger partial charge in [0.15, 0.2) is 0 Å². The van der Waals surface area contributed by atoms with E-state index in [1.54, 1.807) is 24.3 Å². The van der Waals surface area contributed by atoms with Crippen molar-refractivity contribution in [3.8, 4) is 5.75 Å². The van der Waals surface area contributed by atoms with Gasteiger partial charge in [0.25, 0.3) is 0 Å². The second-order valence-corrected chi connectivity index (χ2v) is 3.88. The first kappa shape index (κ1) is 11.2. The third-order valence-corrected chi connectivity index (χ3v) is 2.32. The number of hydrogen-bond donors (Lipinski definition) is 1. The average Bonchev–Trinajstić information content (AvgIpc) is 2.26. The van der Waals surface area contributed by atoms with Crippen molar-refractivity contribution >= 4 is 17.0 Å². The maximum absolute atomic E-state index is 11.0. The van der Waals surface area contributed by atoms with Gasteiger partial charge in [0.1, 0.15) is 11.3 Å². The van der Waals surface area contributed by atoms with Gasteiger partial charge in [-0.25, -0.2) is 4.79 Å². The third kappa shape index (κ3) is 2.45. The molecule has 0 aliphatic carbocycles. The SMILES string of the molecule is C=C(C)C=Cc1cc2ccc(=O)oc2cc1O. The van der Waals surface area contributed by atoms with Crippen LogP contribution in [0.15, 0.2) is 51.7 Å². The zero-order chi connectivity index (χ0) is 12.4. The zero-order valence-corrected chi connectivity index (χ0v) is 9.43. The van der Waals surface area contributed by atoms with Gasteiger partial charge >= 0.3 is 5.63 Å². The van der Waals surface area contributed by atoms with Crippen LogP contribution in [0.5, 0.6) is 5.75 Å². The molecular weight excluding hydrogens is 216 g/mol. The largest absolute Gasteiger partial charge is 0.507 e. The molecule has 0 unspecified atom stereocenters. The molecule has 2 aromatic rings. The highest BCUT2D eigenvalue weighted by Gasteiger charge is 2.03. The van der Waals surface area contributed by atoms with Crippen LogP contribution < -0.4 is 5.63 Å². The van der Waals surface area contributed by atoms with Crippen LogP contribution in [-0.2, 0) is 0 Å². The molecule has 1 aromatic heterocycles. The van der Waals surface area contributed by atoms with E-state index in [1.165, 1.54) is 12.1 Å². The number of hydrogen-bond acceptors (Lipinski definition) is 3. The lowest BCUT2D eigenvalue weighted by Gasteiger charge is -2.01. The van der Waals surface area contributed by atoms with Gasteiger partial charge < -0.3 is 9.52 Å². The second-order valence-electron chi connectivity index (χ2n) is 3.88. The summed E-state index contributed by atoms with van der Waals surface area (Å²) in [5, 5.41) is 10.5. The maximum atomic E-state index is 11.0. The number of phenolic OH excluding ortho intramolecular Hbond substituents is 1. The summed E-state index contributed by atoms with van der Waals surface area (Å²) in [7, 11) is 0. The van der Waals surface area contributed by atoms with Crippen molar-refractivity contribution in [3.63, 3.8) is 0 Å². The van der Waals surface area contributed by atoms with Crippen LogP contribution in [0.4, 0.5) is 0 Å². The van der Waals surface area contributed by atoms with Crippen LogP contribution in [0.2, 0.25) is 0 Å². The molecule has 0 radical (unpaired) electrons. The summed E-state index contributed by atoms with van der Waals surface area (Å²) in [5.41, 5.74) is 1.50. The van der Waals surface area contributed by atoms with Crippen molar-refractivity contribution in [1.82, 2.24) is 0 Å². The van der Waals surface area contributed by atoms with Gasteiger partial charge in [0.05, 0.1) is 0 Å². The Morgan fingerprint density at radius 3 is 2.88 bits per heavy atom. The topological polar surface area (TPSA) is 50.4 Å². The molecule has 2 rings (SSSR count). The standard InChI is InChI=1S/C14H12O3/c1-9(2)3-4-10-7-11-5-6-14(16)17-13(11)8-12(10)15/h3-8,15H,1H2,2H3. The van der Waals surface area contributed by atoms with Crippen molar-refractivity contribution in [1.29, 1.82) is 0 Å². The highest BCUT2D eigenvalue weighted by atomic mass is 16.4. The van der Waals surface area contributed by atoms with Crippen molar-refractivity contribution in [2.24, 2.45) is 0 Å². The summed E-state index contributed by atoms with van der Waals surface area (Å²) in [6, 6.07) is 6.21. The molecule has 0 aliphatic heterocycles. The highest BCUT2D eigenvalue weighted by Crippen LogP contribution is 2.25. The summed E-state index contributed by atoms with van der Waals surface area (Å²) in [5.74, 6) is 0.0735. The van der Waals surface area contributed by atoms with Crippen LogP contribution in [-0.4, -0.2) is 5.11 Å². The molecule has 86 valence electrons. The molecule has 1 N–H and O–H groups in total. The predicted molar refractivity (Wildman–Crippen MR) is 68.0 cm³/mol. The van der Waals surface area contributed by atoms with Crippen molar-refractivity contribution in [2.75, 3.05) is 0 Å². The molecule has 0 amide bonds. The van der Waals surface area contributed by atoms with E-state index in [4.69, 9.17) is 4.42 Å². The Morgan fingerprint density at radius 1 is 1.41 bits per heavy atom. The fraction of sp³-hybridized carbons (Fsp3) is 0.0714. The molecule has 0 atom stereocenters. The van der Waals surface area contributed by atoms with E-state index >= 15 is 0 Å². The monoisotopic (exact) mass is 228 g/mol. The Kier molecular flexibility index (Phi) is 2.83. The van der Waals surface area contributed by atoms with Gasteiger partial charge in [0, 0.05) is 23.1 Å². The van der Waals surface area contributed by atoms with Gasteiger partial charge in [-0.2, -0.15) is 0 Å². The number of fused-ring (bicyclic) bond motifs is 1. The molecule has 0 saturated carbocycles. The normalized spacial score (nSPS) is 11.1. The molecule has 0 fully saturated rings. The molecule has 3 heteroatoms. The minimum atomic E-state index is -0.429. The van der Waals surface area contributed by atoms with E-state index in [0.717, 1.165) is 11.0 Å². The van der Waals surface area contributed by atoms with Crippen molar-refractivity contribution < 1.29 is 9.52 Å². The number of allylic oxidation sites excluding steroid dienone is 2. The summed E-state index contributed by atoms with van der Waals surface area (Å²) in [4.78, 5) is 11.0. The second kappa shape index (κ2) is 4.29. The summed E-state index contributed by atoms with van der Waals surface area (Å²) in [6.07, 6.45) is 3.57. The Morgan fingerprint density at radius 2 is 2.18 bits per heavy atom. The van der Waals surface area contributed by atoms with Crippen LogP contribution in [0, 0.1) is 0 Å². The molecule has 0 spiro atoms. The number of aromatic hydroxyl groups is 1. The lowest BCUT2D eigenvalue weighted by Crippen LogP contribution is -1.94. The smallest absolute Gasteiger partial charge is 0.336 e. The number of benzene rings is 1. The average molecular weight is 228 g/mol. The Hall–Kier alpha value is -2.29. The van der Waals surface area contributed by atoms with Crippen molar-refractivity contribution in [3.05, 3.63) is 58.5 Å². The van der Waals surface area contributed by atoms with E-state index in [-0.39, 0.29) is 5.75 Å². The molecule has 0 saturated heterocycles. The zero-order valence-electron chi connectivity index (χ0n) is 9.43. The lowest BCUT2D eigenvalue weighted by atomic mass is 10.1. The molecular formula is C14H12O3. The molecule has 3 nitrogen and oxygen atoms in total. The van der Waals surface area contributed by atoms with Gasteiger partial charge in [-0.05, 0) is 19.1 Å². The maximum Gasteiger partial charge on any atom is 0.336 e. The molecule has 1 heterocycles. The first-order chi connectivity index (χ1) is 8.06. The third-order valence-electron chi connectivity index (χ3n) is 2.32. The van der Waals surface area contributed by atoms with Gasteiger partial charge in [-0.1, -0.05) is 24.3 Å². The van der Waals surface area contributed by atoms with Crippen LogP contribution in [0.3, 0.4) is 0 Å². The van der Waals surface area contributed by atoms with E-state index < -0.39 is 5.63 Å². The van der Waals surface area contributed by atoms with Crippen LogP contribution in [0.25, 0.3) is 17.0 Å². The van der Waals surface area contributed by atoms with Crippen LogP contribution >= 0.6 is 0 Å². The van der Waals surface area contributed by atoms with Gasteiger partial charge in [-0.15, -0.1) is 0 Å². The summed E-state index contributed by atoms with van der Waals surface area (Å²) >= 11 is 0. The quantitative estimate of drug-likeness (QED) is 0.634. The van der Waals surface area contributed by atoms with Crippen LogP contribution in [0.1, 0.15) is 12.5 Å². The first-order valence-electron chi connectivity index (χ1n) is 5.17. The van der Waals surface area contributed by atoms with E-state index in [1.807, 2.05) is 6.92 Å². The molecule has 1 aromatic carbocycles. The Labute approximate surface area is 98.3 Å². The molecule has 0 bridgehead atoms. The van der Waals surface area contributed by atoms with Crippen molar-refractivity contribution in [2.45, 2.75) is 6.92 Å². The lowest BCUT2D eigenvalue weighted by molar-refractivity contribution is 0.472. The fourth-order valence-electron chi connectivity index (χ4n) is 1.49. The van der Waals surface area contributed by atoms with Gasteiger partial charge in [-0.3, -0.25) is 0 Å². The van der Waals surface area contributed by atoms with Gasteiger partial charge in [0.2, 0.25) is 0 Å². The van der Waals surface area contributed by atoms with E-state index in [9.17, 15) is 9.90 Å². The summed E-state index contributed by atoms with van der Waals surface area (Å²) < 4.78 is 4.97. The van der Waals surface area contributed by atoms with E-state index in [2.05, 4.69) is 6.58 Å². The molecule has 0 aliphatic rings. The Bertz CT molecular complexity index is 663. The predicted octanol–water partition coefficient (Wildman–Crippen LogP) is 3.09. The number of phenols is 1. The first-order valence-corrected chi connectivity index (χ1v) is 5.17. The number of rotatable bonds is 2. The minimum absolute atomic E-state index is 0.0735. The fourth-order valence-corrected chi connectivity index (χ4v) is 1.49. The highest BCUT2D eigenvalue weighted by molar-refractivity contribution is 5.82. The summed E-state index contributed by atoms with van der Waals surface area (Å²) in [6.45, 7) is 5.61. The molecule has 17 heavy (non-hydrogen) atoms. The van der Waals surface area contributed by atoms with E-state index in [0.29, 0.717) is 11.1 Å².